The molecule has 0 radical (unpaired) electrons. The summed E-state index contributed by atoms with van der Waals surface area (Å²) >= 11 is 0. The van der Waals surface area contributed by atoms with E-state index in [0.29, 0.717) is 6.54 Å². The highest BCUT2D eigenvalue weighted by Gasteiger charge is 2.40. The number of aliphatic imine (C=N–C) groups is 1. The molecule has 1 fully saturated rings. The smallest absolute Gasteiger partial charge is 0.211 e. The van der Waals surface area contributed by atoms with Crippen LogP contribution >= 0.6 is 0 Å². The van der Waals surface area contributed by atoms with Gasteiger partial charge < -0.3 is 0 Å². The van der Waals surface area contributed by atoms with Crippen molar-refractivity contribution in [1.29, 1.82) is 0 Å². The molecule has 2 bridgehead atoms. The topological polar surface area (TPSA) is 29.4 Å². The molecular formula is C9H11NO. The average Bonchev–Trinajstić information content (AvgIpc) is 2.60. The van der Waals surface area contributed by atoms with Gasteiger partial charge in [-0.3, -0.25) is 0 Å². The minimum absolute atomic E-state index is 0.252. The summed E-state index contributed by atoms with van der Waals surface area (Å²) in [7, 11) is 0. The maximum Gasteiger partial charge on any atom is 0.234 e. The molecule has 2 atom stereocenters. The molecule has 0 N–H and O–H groups in total. The van der Waals surface area contributed by atoms with E-state index in [4.69, 9.17) is 0 Å². The van der Waals surface area contributed by atoms with Gasteiger partial charge >= 0.3 is 0 Å². The lowest BCUT2D eigenvalue weighted by Gasteiger charge is -2.18. The Balaban J connectivity index is 2.11. The first-order valence-corrected chi connectivity index (χ1v) is 4.08. The largest absolute Gasteiger partial charge is 0.234 e. The Bertz CT molecular complexity index is 240. The summed E-state index contributed by atoms with van der Waals surface area (Å²) in [6.45, 7) is 0.656. The molecule has 11 heavy (non-hydrogen) atoms. The summed E-state index contributed by atoms with van der Waals surface area (Å²) in [5.41, 5.74) is 0.252. The van der Waals surface area contributed by atoms with Gasteiger partial charge in [-0.1, -0.05) is 12.2 Å². The molecule has 0 aromatic heterocycles. The fraction of sp³-hybridized carbons (Fsp3) is 0.667. The SMILES string of the molecule is O=C=NCC12C=CC(CC1)C2. The Labute approximate surface area is 66.0 Å². The molecule has 0 heterocycles. The molecule has 2 heteroatoms. The second kappa shape index (κ2) is 2.31. The third-order valence-corrected chi connectivity index (χ3v) is 2.86. The van der Waals surface area contributed by atoms with Crippen molar-refractivity contribution in [2.75, 3.05) is 6.54 Å². The van der Waals surface area contributed by atoms with Crippen molar-refractivity contribution in [1.82, 2.24) is 0 Å². The van der Waals surface area contributed by atoms with E-state index in [1.165, 1.54) is 19.3 Å². The molecule has 0 amide bonds. The summed E-state index contributed by atoms with van der Waals surface area (Å²) in [5, 5.41) is 0. The first kappa shape index (κ1) is 6.81. The van der Waals surface area contributed by atoms with Crippen LogP contribution < -0.4 is 0 Å². The summed E-state index contributed by atoms with van der Waals surface area (Å²) in [6.07, 6.45) is 9.82. The number of fused-ring (bicyclic) bond motifs is 2. The summed E-state index contributed by atoms with van der Waals surface area (Å²) in [6, 6.07) is 0. The highest BCUT2D eigenvalue weighted by molar-refractivity contribution is 5.33. The fourth-order valence-electron chi connectivity index (χ4n) is 2.24. The van der Waals surface area contributed by atoms with Gasteiger partial charge in [0.15, 0.2) is 0 Å². The zero-order chi connectivity index (χ0) is 7.73. The molecule has 0 aromatic rings. The number of isocyanates is 1. The Morgan fingerprint density at radius 2 is 2.64 bits per heavy atom. The van der Waals surface area contributed by atoms with Crippen molar-refractivity contribution in [3.05, 3.63) is 12.2 Å². The molecule has 0 aliphatic heterocycles. The van der Waals surface area contributed by atoms with Gasteiger partial charge in [0.2, 0.25) is 6.08 Å². The van der Waals surface area contributed by atoms with Crippen LogP contribution in [-0.4, -0.2) is 12.6 Å². The van der Waals surface area contributed by atoms with Gasteiger partial charge in [0.25, 0.3) is 0 Å². The molecule has 0 spiro atoms. The van der Waals surface area contributed by atoms with Gasteiger partial charge in [-0.15, -0.1) is 0 Å². The Kier molecular flexibility index (Phi) is 1.43. The van der Waals surface area contributed by atoms with E-state index in [9.17, 15) is 4.79 Å². The number of nitrogens with zero attached hydrogens (tertiary/aromatic N) is 1. The summed E-state index contributed by atoms with van der Waals surface area (Å²) < 4.78 is 0. The second-order valence-corrected chi connectivity index (χ2v) is 3.63. The van der Waals surface area contributed by atoms with Gasteiger partial charge in [0.05, 0.1) is 6.54 Å². The highest BCUT2D eigenvalue weighted by Crippen LogP contribution is 2.49. The van der Waals surface area contributed by atoms with Crippen molar-refractivity contribution in [3.63, 3.8) is 0 Å². The van der Waals surface area contributed by atoms with E-state index in [1.807, 2.05) is 0 Å². The van der Waals surface area contributed by atoms with E-state index >= 15 is 0 Å². The van der Waals surface area contributed by atoms with Gasteiger partial charge in [0, 0.05) is 5.41 Å². The fourth-order valence-corrected chi connectivity index (χ4v) is 2.24. The third kappa shape index (κ3) is 1.04. The van der Waals surface area contributed by atoms with Crippen LogP contribution in [0.2, 0.25) is 0 Å². The van der Waals surface area contributed by atoms with Crippen molar-refractivity contribution in [3.8, 4) is 0 Å². The maximum atomic E-state index is 9.92. The number of allylic oxidation sites excluding steroid dienone is 1. The lowest BCUT2D eigenvalue weighted by molar-refractivity contribution is 0.416. The number of rotatable bonds is 2. The van der Waals surface area contributed by atoms with E-state index in [1.54, 1.807) is 6.08 Å². The van der Waals surface area contributed by atoms with Crippen LogP contribution in [0.15, 0.2) is 17.1 Å². The van der Waals surface area contributed by atoms with E-state index < -0.39 is 0 Å². The van der Waals surface area contributed by atoms with Gasteiger partial charge in [-0.25, -0.2) is 9.79 Å². The predicted molar refractivity (Wildman–Crippen MR) is 41.9 cm³/mol. The Hall–Kier alpha value is -0.880. The molecule has 0 saturated heterocycles. The van der Waals surface area contributed by atoms with Crippen molar-refractivity contribution < 1.29 is 4.79 Å². The van der Waals surface area contributed by atoms with Crippen LogP contribution in [0.25, 0.3) is 0 Å². The van der Waals surface area contributed by atoms with Crippen LogP contribution in [0, 0.1) is 11.3 Å². The molecule has 2 aliphatic carbocycles. The molecule has 0 aromatic carbocycles. The van der Waals surface area contributed by atoms with Crippen LogP contribution in [-0.2, 0) is 4.79 Å². The van der Waals surface area contributed by atoms with Crippen LogP contribution in [0.3, 0.4) is 0 Å². The molecule has 2 nitrogen and oxygen atoms in total. The number of hydrogen-bond donors (Lipinski definition) is 0. The molecule has 58 valence electrons. The van der Waals surface area contributed by atoms with E-state index in [-0.39, 0.29) is 5.41 Å². The minimum Gasteiger partial charge on any atom is -0.211 e. The van der Waals surface area contributed by atoms with E-state index in [2.05, 4.69) is 17.1 Å². The van der Waals surface area contributed by atoms with Gasteiger partial charge in [-0.2, -0.15) is 0 Å². The lowest BCUT2D eigenvalue weighted by atomic mass is 9.88. The number of carbonyl (C=O) groups excluding carboxylic acids is 1. The minimum atomic E-state index is 0.252. The van der Waals surface area contributed by atoms with Crippen LogP contribution in [0.1, 0.15) is 19.3 Å². The predicted octanol–water partition coefficient (Wildman–Crippen LogP) is 1.68. The van der Waals surface area contributed by atoms with Crippen molar-refractivity contribution in [2.45, 2.75) is 19.3 Å². The maximum absolute atomic E-state index is 9.92. The third-order valence-electron chi connectivity index (χ3n) is 2.86. The van der Waals surface area contributed by atoms with Gasteiger partial charge in [-0.05, 0) is 25.2 Å². The highest BCUT2D eigenvalue weighted by atomic mass is 16.1. The summed E-state index contributed by atoms with van der Waals surface area (Å²) in [5.74, 6) is 0.775. The average molecular weight is 149 g/mol. The first-order valence-electron chi connectivity index (χ1n) is 4.08. The van der Waals surface area contributed by atoms with Crippen LogP contribution in [0.4, 0.5) is 0 Å². The van der Waals surface area contributed by atoms with E-state index in [0.717, 1.165) is 5.92 Å². The molecule has 2 unspecified atom stereocenters. The van der Waals surface area contributed by atoms with Crippen LogP contribution in [0.5, 0.6) is 0 Å². The monoisotopic (exact) mass is 149 g/mol. The number of hydrogen-bond acceptors (Lipinski definition) is 2. The molecule has 1 saturated carbocycles. The first-order chi connectivity index (χ1) is 5.35. The van der Waals surface area contributed by atoms with Gasteiger partial charge in [0.1, 0.15) is 0 Å². The second-order valence-electron chi connectivity index (χ2n) is 3.63. The molecule has 2 aliphatic rings. The lowest BCUT2D eigenvalue weighted by Crippen LogP contribution is -2.15. The molecular weight excluding hydrogens is 138 g/mol. The van der Waals surface area contributed by atoms with Crippen molar-refractivity contribution in [2.24, 2.45) is 16.3 Å². The summed E-state index contributed by atoms with van der Waals surface area (Å²) in [4.78, 5) is 13.6. The molecule has 2 rings (SSSR count). The standard InChI is InChI=1S/C9H11NO/c11-7-10-6-9-3-1-8(5-9)2-4-9/h1,3,8H,2,4-6H2. The zero-order valence-corrected chi connectivity index (χ0v) is 6.42. The zero-order valence-electron chi connectivity index (χ0n) is 6.42. The normalized spacial score (nSPS) is 39.1. The Morgan fingerprint density at radius 3 is 3.09 bits per heavy atom. The quantitative estimate of drug-likeness (QED) is 0.333. The Morgan fingerprint density at radius 1 is 1.73 bits per heavy atom. The van der Waals surface area contributed by atoms with Crippen molar-refractivity contribution >= 4 is 6.08 Å².